The van der Waals surface area contributed by atoms with Gasteiger partial charge in [-0.15, -0.1) is 0 Å². The van der Waals surface area contributed by atoms with Crippen molar-refractivity contribution in [2.75, 3.05) is 19.6 Å². The van der Waals surface area contributed by atoms with Crippen molar-refractivity contribution >= 4 is 15.9 Å². The minimum absolute atomic E-state index is 0.335. The summed E-state index contributed by atoms with van der Waals surface area (Å²) < 4.78 is 1.07. The van der Waals surface area contributed by atoms with Crippen LogP contribution in [0.2, 0.25) is 0 Å². The molecule has 16 heavy (non-hydrogen) atoms. The first-order chi connectivity index (χ1) is 7.65. The molecule has 1 heterocycles. The van der Waals surface area contributed by atoms with E-state index in [4.69, 9.17) is 0 Å². The topological polar surface area (TPSA) is 35.5 Å². The summed E-state index contributed by atoms with van der Waals surface area (Å²) in [4.78, 5) is 2.40. The quantitative estimate of drug-likeness (QED) is 0.872. The van der Waals surface area contributed by atoms with E-state index in [1.54, 1.807) is 6.07 Å². The highest BCUT2D eigenvalue weighted by Crippen LogP contribution is 2.23. The second-order valence-corrected chi connectivity index (χ2v) is 5.22. The molecule has 4 heteroatoms. The van der Waals surface area contributed by atoms with Gasteiger partial charge in [-0.1, -0.05) is 15.9 Å². The monoisotopic (exact) mass is 284 g/mol. The van der Waals surface area contributed by atoms with Crippen LogP contribution in [0.15, 0.2) is 22.7 Å². The Hall–Kier alpha value is -0.580. The fourth-order valence-electron chi connectivity index (χ4n) is 2.08. The summed E-state index contributed by atoms with van der Waals surface area (Å²) in [5, 5.41) is 12.9. The zero-order valence-corrected chi connectivity index (χ0v) is 11.0. The maximum Gasteiger partial charge on any atom is 0.115 e. The molecule has 1 unspecified atom stereocenters. The summed E-state index contributed by atoms with van der Waals surface area (Å²) in [6.45, 7) is 6.25. The van der Waals surface area contributed by atoms with Crippen molar-refractivity contribution in [3.8, 4) is 5.75 Å². The number of hydrogen-bond acceptors (Lipinski definition) is 3. The van der Waals surface area contributed by atoms with Gasteiger partial charge < -0.3 is 10.4 Å². The van der Waals surface area contributed by atoms with Crippen LogP contribution in [0.4, 0.5) is 0 Å². The summed E-state index contributed by atoms with van der Waals surface area (Å²) in [5.41, 5.74) is 1.15. The Balaban J connectivity index is 2.05. The number of phenols is 1. The Morgan fingerprint density at radius 3 is 3.12 bits per heavy atom. The van der Waals surface area contributed by atoms with Gasteiger partial charge in [-0.25, -0.2) is 0 Å². The van der Waals surface area contributed by atoms with E-state index in [-0.39, 0.29) is 0 Å². The molecule has 2 N–H and O–H groups in total. The minimum Gasteiger partial charge on any atom is -0.508 e. The summed E-state index contributed by atoms with van der Waals surface area (Å²) >= 11 is 3.52. The average Bonchev–Trinajstić information content (AvgIpc) is 2.24. The number of piperazine rings is 1. The van der Waals surface area contributed by atoms with Gasteiger partial charge in [-0.3, -0.25) is 4.90 Å². The zero-order chi connectivity index (χ0) is 11.5. The highest BCUT2D eigenvalue weighted by molar-refractivity contribution is 9.10. The van der Waals surface area contributed by atoms with Crippen LogP contribution >= 0.6 is 15.9 Å². The van der Waals surface area contributed by atoms with Gasteiger partial charge in [0, 0.05) is 36.7 Å². The van der Waals surface area contributed by atoms with Crippen molar-refractivity contribution in [2.45, 2.75) is 19.5 Å². The van der Waals surface area contributed by atoms with Crippen molar-refractivity contribution in [1.82, 2.24) is 10.2 Å². The fourth-order valence-corrected chi connectivity index (χ4v) is 2.45. The summed E-state index contributed by atoms with van der Waals surface area (Å²) in [6, 6.07) is 5.98. The Kier molecular flexibility index (Phi) is 3.84. The van der Waals surface area contributed by atoms with Crippen LogP contribution in [0.3, 0.4) is 0 Å². The smallest absolute Gasteiger partial charge is 0.115 e. The van der Waals surface area contributed by atoms with Gasteiger partial charge in [0.05, 0.1) is 0 Å². The highest BCUT2D eigenvalue weighted by atomic mass is 79.9. The number of rotatable bonds is 2. The Labute approximate surface area is 105 Å². The second-order valence-electron chi connectivity index (χ2n) is 4.37. The first-order valence-electron chi connectivity index (χ1n) is 5.58. The van der Waals surface area contributed by atoms with Gasteiger partial charge in [-0.2, -0.15) is 0 Å². The summed E-state index contributed by atoms with van der Waals surface area (Å²) in [7, 11) is 0. The molecular formula is C12H17BrN2O. The van der Waals surface area contributed by atoms with Gasteiger partial charge in [0.25, 0.3) is 0 Å². The number of hydrogen-bond donors (Lipinski definition) is 2. The number of benzene rings is 1. The Bertz CT molecular complexity index is 370. The molecule has 0 aromatic heterocycles. The molecule has 1 aliphatic heterocycles. The molecule has 0 saturated carbocycles. The minimum atomic E-state index is 0.335. The third-order valence-corrected chi connectivity index (χ3v) is 3.65. The van der Waals surface area contributed by atoms with Gasteiger partial charge in [0.1, 0.15) is 5.75 Å². The largest absolute Gasteiger partial charge is 0.508 e. The lowest BCUT2D eigenvalue weighted by molar-refractivity contribution is 0.199. The highest BCUT2D eigenvalue weighted by Gasteiger charge is 2.16. The predicted molar refractivity (Wildman–Crippen MR) is 68.5 cm³/mol. The number of nitrogens with zero attached hydrogens (tertiary/aromatic N) is 1. The van der Waals surface area contributed by atoms with E-state index in [1.807, 2.05) is 12.1 Å². The van der Waals surface area contributed by atoms with E-state index in [9.17, 15) is 5.11 Å². The van der Waals surface area contributed by atoms with Crippen molar-refractivity contribution in [3.63, 3.8) is 0 Å². The Morgan fingerprint density at radius 1 is 1.56 bits per heavy atom. The molecule has 0 bridgehead atoms. The van der Waals surface area contributed by atoms with Crippen LogP contribution in [-0.4, -0.2) is 35.7 Å². The van der Waals surface area contributed by atoms with Crippen LogP contribution in [-0.2, 0) is 6.54 Å². The molecule has 0 amide bonds. The van der Waals surface area contributed by atoms with E-state index in [0.29, 0.717) is 11.8 Å². The number of nitrogens with one attached hydrogen (secondary N) is 1. The van der Waals surface area contributed by atoms with Crippen LogP contribution in [0, 0.1) is 0 Å². The maximum absolute atomic E-state index is 9.47. The Morgan fingerprint density at radius 2 is 2.38 bits per heavy atom. The molecule has 0 spiro atoms. The molecule has 3 nitrogen and oxygen atoms in total. The fraction of sp³-hybridized carbons (Fsp3) is 0.500. The van der Waals surface area contributed by atoms with E-state index in [0.717, 1.165) is 36.2 Å². The van der Waals surface area contributed by atoms with Crippen LogP contribution in [0.25, 0.3) is 0 Å². The van der Waals surface area contributed by atoms with E-state index < -0.39 is 0 Å². The number of halogens is 1. The van der Waals surface area contributed by atoms with Crippen molar-refractivity contribution in [2.24, 2.45) is 0 Å². The van der Waals surface area contributed by atoms with Gasteiger partial charge in [0.2, 0.25) is 0 Å². The second kappa shape index (κ2) is 5.17. The molecule has 1 aromatic carbocycles. The molecule has 1 aromatic rings. The van der Waals surface area contributed by atoms with Crippen LogP contribution in [0.5, 0.6) is 5.75 Å². The van der Waals surface area contributed by atoms with Gasteiger partial charge in [-0.05, 0) is 30.7 Å². The SMILES string of the molecule is CC1CN(Cc2cc(O)ccc2Br)CCN1. The normalized spacial score (nSPS) is 22.2. The lowest BCUT2D eigenvalue weighted by Crippen LogP contribution is -2.48. The van der Waals surface area contributed by atoms with E-state index in [1.165, 1.54) is 0 Å². The van der Waals surface area contributed by atoms with Gasteiger partial charge >= 0.3 is 0 Å². The molecule has 1 fully saturated rings. The van der Waals surface area contributed by atoms with Crippen LogP contribution < -0.4 is 5.32 Å². The zero-order valence-electron chi connectivity index (χ0n) is 9.41. The van der Waals surface area contributed by atoms with Crippen molar-refractivity contribution in [1.29, 1.82) is 0 Å². The van der Waals surface area contributed by atoms with Crippen LogP contribution in [0.1, 0.15) is 12.5 Å². The summed E-state index contributed by atoms with van der Waals surface area (Å²) in [5.74, 6) is 0.335. The lowest BCUT2D eigenvalue weighted by atomic mass is 10.1. The summed E-state index contributed by atoms with van der Waals surface area (Å²) in [6.07, 6.45) is 0. The molecule has 1 aliphatic rings. The van der Waals surface area contributed by atoms with Crippen molar-refractivity contribution < 1.29 is 5.11 Å². The average molecular weight is 285 g/mol. The third kappa shape index (κ3) is 2.97. The molecule has 0 aliphatic carbocycles. The van der Waals surface area contributed by atoms with E-state index in [2.05, 4.69) is 33.1 Å². The molecular weight excluding hydrogens is 268 g/mol. The number of phenolic OH excluding ortho intramolecular Hbond substituents is 1. The third-order valence-electron chi connectivity index (χ3n) is 2.88. The van der Waals surface area contributed by atoms with Crippen molar-refractivity contribution in [3.05, 3.63) is 28.2 Å². The molecule has 1 saturated heterocycles. The molecule has 1 atom stereocenters. The maximum atomic E-state index is 9.47. The lowest BCUT2D eigenvalue weighted by Gasteiger charge is -2.32. The molecule has 0 radical (unpaired) electrons. The predicted octanol–water partition coefficient (Wildman–Crippen LogP) is 1.95. The molecule has 2 rings (SSSR count). The molecule has 88 valence electrons. The van der Waals surface area contributed by atoms with E-state index >= 15 is 0 Å². The standard InChI is InChI=1S/C12H17BrN2O/c1-9-7-15(5-4-14-9)8-10-6-11(16)2-3-12(10)13/h2-3,6,9,14,16H,4-5,7-8H2,1H3. The first-order valence-corrected chi connectivity index (χ1v) is 6.37. The van der Waals surface area contributed by atoms with Gasteiger partial charge in [0.15, 0.2) is 0 Å². The number of aromatic hydroxyl groups is 1. The first kappa shape index (κ1) is 11.9.